The Morgan fingerprint density at radius 1 is 1.67 bits per heavy atom. The van der Waals surface area contributed by atoms with Gasteiger partial charge in [0.1, 0.15) is 0 Å². The summed E-state index contributed by atoms with van der Waals surface area (Å²) in [5.74, 6) is 0. The lowest BCUT2D eigenvalue weighted by molar-refractivity contribution is 1.48. The first-order valence-electron chi connectivity index (χ1n) is 2.67. The zero-order valence-electron chi connectivity index (χ0n) is 5.36. The summed E-state index contributed by atoms with van der Waals surface area (Å²) in [6, 6.07) is 1.96. The van der Waals surface area contributed by atoms with E-state index in [0.717, 1.165) is 9.34 Å². The molecule has 0 amide bonds. The second kappa shape index (κ2) is 2.58. The van der Waals surface area contributed by atoms with Crippen LogP contribution in [0.1, 0.15) is 5.56 Å². The van der Waals surface area contributed by atoms with Crippen LogP contribution >= 0.6 is 22.9 Å². The minimum atomic E-state index is 0.844. The van der Waals surface area contributed by atoms with Crippen molar-refractivity contribution in [2.45, 2.75) is 6.92 Å². The summed E-state index contributed by atoms with van der Waals surface area (Å²) >= 11 is 7.29. The predicted octanol–water partition coefficient (Wildman–Crippen LogP) is 2.75. The van der Waals surface area contributed by atoms with Crippen molar-refractivity contribution in [3.63, 3.8) is 0 Å². The summed E-state index contributed by atoms with van der Waals surface area (Å²) in [5, 5.41) is 4.20. The topological polar surface area (TPSA) is 12.0 Å². The van der Waals surface area contributed by atoms with Crippen molar-refractivity contribution in [2.75, 3.05) is 12.4 Å². The van der Waals surface area contributed by atoms with Crippen LogP contribution < -0.4 is 5.32 Å². The summed E-state index contributed by atoms with van der Waals surface area (Å²) < 4.78 is 0.844. The van der Waals surface area contributed by atoms with Crippen molar-refractivity contribution in [3.05, 3.63) is 16.0 Å². The molecule has 1 rings (SSSR count). The van der Waals surface area contributed by atoms with E-state index in [1.165, 1.54) is 5.56 Å². The number of anilines is 1. The van der Waals surface area contributed by atoms with Crippen molar-refractivity contribution in [1.29, 1.82) is 0 Å². The van der Waals surface area contributed by atoms with Gasteiger partial charge in [-0.25, -0.2) is 0 Å². The molecule has 50 valence electrons. The molecule has 1 N–H and O–H groups in total. The highest BCUT2D eigenvalue weighted by Crippen LogP contribution is 2.30. The van der Waals surface area contributed by atoms with Gasteiger partial charge in [0.25, 0.3) is 0 Å². The Balaban J connectivity index is 3.01. The van der Waals surface area contributed by atoms with Gasteiger partial charge in [-0.05, 0) is 18.6 Å². The highest BCUT2D eigenvalue weighted by atomic mass is 35.5. The smallest absolute Gasteiger partial charge is 0.0952 e. The second-order valence-corrected chi connectivity index (χ2v) is 3.50. The summed E-state index contributed by atoms with van der Waals surface area (Å²) in [7, 11) is 1.90. The van der Waals surface area contributed by atoms with E-state index in [0.29, 0.717) is 0 Å². The maximum atomic E-state index is 5.72. The van der Waals surface area contributed by atoms with Gasteiger partial charge >= 0.3 is 0 Å². The van der Waals surface area contributed by atoms with Crippen LogP contribution in [0, 0.1) is 6.92 Å². The molecule has 9 heavy (non-hydrogen) atoms. The van der Waals surface area contributed by atoms with Gasteiger partial charge in [0, 0.05) is 7.05 Å². The van der Waals surface area contributed by atoms with E-state index in [9.17, 15) is 0 Å². The van der Waals surface area contributed by atoms with Crippen molar-refractivity contribution in [1.82, 2.24) is 0 Å². The molecule has 1 nitrogen and oxygen atoms in total. The first-order valence-corrected chi connectivity index (χ1v) is 3.87. The Labute approximate surface area is 63.7 Å². The fourth-order valence-corrected chi connectivity index (χ4v) is 1.84. The standard InChI is InChI=1S/C6H8ClNS/c1-4-3-5(7)9-6(4)8-2/h3,8H,1-2H3. The molecule has 0 unspecified atom stereocenters. The van der Waals surface area contributed by atoms with Gasteiger partial charge in [-0.2, -0.15) is 0 Å². The minimum Gasteiger partial charge on any atom is -0.380 e. The number of halogens is 1. The lowest BCUT2D eigenvalue weighted by Gasteiger charge is -1.92. The molecule has 0 bridgehead atoms. The van der Waals surface area contributed by atoms with Crippen LogP contribution in [-0.2, 0) is 0 Å². The molecule has 0 atom stereocenters. The van der Waals surface area contributed by atoms with E-state index in [1.807, 2.05) is 20.0 Å². The molecule has 0 saturated heterocycles. The Bertz CT molecular complexity index is 207. The fourth-order valence-electron chi connectivity index (χ4n) is 0.691. The molecular formula is C6H8ClNS. The minimum absolute atomic E-state index is 0.844. The van der Waals surface area contributed by atoms with E-state index in [2.05, 4.69) is 5.32 Å². The first kappa shape index (κ1) is 6.90. The average Bonchev–Trinajstić information content (AvgIpc) is 2.10. The Hall–Kier alpha value is -0.210. The molecule has 0 saturated carbocycles. The SMILES string of the molecule is CNc1sc(Cl)cc1C. The van der Waals surface area contributed by atoms with Crippen LogP contribution in [0.15, 0.2) is 6.07 Å². The lowest BCUT2D eigenvalue weighted by atomic mass is 10.4. The molecule has 0 aromatic carbocycles. The van der Waals surface area contributed by atoms with E-state index in [1.54, 1.807) is 11.3 Å². The van der Waals surface area contributed by atoms with E-state index in [-0.39, 0.29) is 0 Å². The van der Waals surface area contributed by atoms with Crippen LogP contribution in [0.5, 0.6) is 0 Å². The predicted molar refractivity (Wildman–Crippen MR) is 43.6 cm³/mol. The molecule has 0 aliphatic heterocycles. The van der Waals surface area contributed by atoms with Gasteiger partial charge in [0.15, 0.2) is 0 Å². The Morgan fingerprint density at radius 2 is 2.33 bits per heavy atom. The van der Waals surface area contributed by atoms with Crippen molar-refractivity contribution < 1.29 is 0 Å². The molecule has 1 aromatic heterocycles. The van der Waals surface area contributed by atoms with Gasteiger partial charge < -0.3 is 5.32 Å². The number of rotatable bonds is 1. The molecular weight excluding hydrogens is 154 g/mol. The molecule has 0 aliphatic carbocycles. The lowest BCUT2D eigenvalue weighted by Crippen LogP contribution is -1.83. The van der Waals surface area contributed by atoms with Crippen molar-refractivity contribution >= 4 is 27.9 Å². The number of hydrogen-bond donors (Lipinski definition) is 1. The summed E-state index contributed by atoms with van der Waals surface area (Å²) in [4.78, 5) is 0. The average molecular weight is 162 g/mol. The molecule has 0 fully saturated rings. The highest BCUT2D eigenvalue weighted by Gasteiger charge is 1.99. The molecule has 3 heteroatoms. The van der Waals surface area contributed by atoms with Crippen LogP contribution in [-0.4, -0.2) is 7.05 Å². The van der Waals surface area contributed by atoms with E-state index < -0.39 is 0 Å². The second-order valence-electron chi connectivity index (χ2n) is 1.81. The highest BCUT2D eigenvalue weighted by molar-refractivity contribution is 7.20. The van der Waals surface area contributed by atoms with Crippen molar-refractivity contribution in [2.24, 2.45) is 0 Å². The van der Waals surface area contributed by atoms with Crippen molar-refractivity contribution in [3.8, 4) is 0 Å². The summed E-state index contributed by atoms with van der Waals surface area (Å²) in [5.41, 5.74) is 1.22. The quantitative estimate of drug-likeness (QED) is 0.668. The van der Waals surface area contributed by atoms with E-state index >= 15 is 0 Å². The zero-order chi connectivity index (χ0) is 6.85. The number of thiophene rings is 1. The van der Waals surface area contributed by atoms with Gasteiger partial charge in [-0.3, -0.25) is 0 Å². The maximum Gasteiger partial charge on any atom is 0.0952 e. The van der Waals surface area contributed by atoms with Crippen LogP contribution in [0.2, 0.25) is 4.34 Å². The monoisotopic (exact) mass is 161 g/mol. The van der Waals surface area contributed by atoms with Crippen LogP contribution in [0.25, 0.3) is 0 Å². The first-order chi connectivity index (χ1) is 4.24. The van der Waals surface area contributed by atoms with Gasteiger partial charge in [0.2, 0.25) is 0 Å². The number of aryl methyl sites for hydroxylation is 1. The number of hydrogen-bond acceptors (Lipinski definition) is 2. The third-order valence-corrected chi connectivity index (χ3v) is 2.50. The molecule has 0 aliphatic rings. The van der Waals surface area contributed by atoms with Crippen LogP contribution in [0.4, 0.5) is 5.00 Å². The third kappa shape index (κ3) is 1.37. The number of nitrogens with one attached hydrogen (secondary N) is 1. The maximum absolute atomic E-state index is 5.72. The Morgan fingerprint density at radius 3 is 2.56 bits per heavy atom. The molecule has 0 radical (unpaired) electrons. The normalized spacial score (nSPS) is 9.67. The molecule has 1 aromatic rings. The fraction of sp³-hybridized carbons (Fsp3) is 0.333. The summed E-state index contributed by atoms with van der Waals surface area (Å²) in [6.07, 6.45) is 0. The molecule has 0 spiro atoms. The largest absolute Gasteiger partial charge is 0.380 e. The van der Waals surface area contributed by atoms with Gasteiger partial charge in [-0.15, -0.1) is 11.3 Å². The zero-order valence-corrected chi connectivity index (χ0v) is 6.94. The molecule has 1 heterocycles. The van der Waals surface area contributed by atoms with E-state index in [4.69, 9.17) is 11.6 Å². The Kier molecular flexibility index (Phi) is 1.98. The van der Waals surface area contributed by atoms with Gasteiger partial charge in [-0.1, -0.05) is 11.6 Å². The summed E-state index contributed by atoms with van der Waals surface area (Å²) in [6.45, 7) is 2.04. The van der Waals surface area contributed by atoms with Crippen LogP contribution in [0.3, 0.4) is 0 Å². The third-order valence-electron chi connectivity index (χ3n) is 1.11. The van der Waals surface area contributed by atoms with Gasteiger partial charge in [0.05, 0.1) is 9.34 Å².